The molecule has 2 unspecified atom stereocenters. The lowest BCUT2D eigenvalue weighted by Gasteiger charge is -2.28. The molecule has 2 aromatic rings. The largest absolute Gasteiger partial charge is 0.481 e. The second kappa shape index (κ2) is 8.11. The Kier molecular flexibility index (Phi) is 5.13. The van der Waals surface area contributed by atoms with Crippen molar-refractivity contribution in [2.24, 2.45) is 17.3 Å². The molecule has 2 amide bonds. The maximum absolute atomic E-state index is 13.3. The summed E-state index contributed by atoms with van der Waals surface area (Å²) in [6.07, 6.45) is 2.25. The third-order valence-corrected chi connectivity index (χ3v) is 8.84. The topological polar surface area (TPSA) is 95.9 Å². The molecule has 182 valence electrons. The normalized spacial score (nSPS) is 30.4. The summed E-state index contributed by atoms with van der Waals surface area (Å²) in [6.45, 7) is 2.59. The third-order valence-electron chi connectivity index (χ3n) is 8.84. The van der Waals surface area contributed by atoms with E-state index in [1.807, 2.05) is 31.2 Å². The number of fused-ring (bicyclic) bond motifs is 4. The van der Waals surface area contributed by atoms with Crippen LogP contribution in [-0.4, -0.2) is 53.2 Å². The Morgan fingerprint density at radius 3 is 2.34 bits per heavy atom. The first kappa shape index (κ1) is 22.1. The average Bonchev–Trinajstić information content (AvgIpc) is 3.12. The van der Waals surface area contributed by atoms with Gasteiger partial charge in [-0.1, -0.05) is 48.5 Å². The Balaban J connectivity index is 1.06. The molecule has 7 heteroatoms. The van der Waals surface area contributed by atoms with Crippen molar-refractivity contribution < 1.29 is 24.2 Å². The van der Waals surface area contributed by atoms with Gasteiger partial charge in [0.25, 0.3) is 0 Å². The summed E-state index contributed by atoms with van der Waals surface area (Å²) in [5.74, 6) is -1.000. The molecule has 0 bridgehead atoms. The van der Waals surface area contributed by atoms with E-state index in [1.54, 1.807) is 4.90 Å². The van der Waals surface area contributed by atoms with Crippen LogP contribution in [0.25, 0.3) is 11.1 Å². The van der Waals surface area contributed by atoms with Crippen LogP contribution >= 0.6 is 0 Å². The first-order chi connectivity index (χ1) is 16.9. The molecule has 6 rings (SSSR count). The number of rotatable bonds is 5. The lowest BCUT2D eigenvalue weighted by molar-refractivity contribution is -0.144. The smallest absolute Gasteiger partial charge is 0.407 e. The van der Waals surface area contributed by atoms with E-state index in [1.165, 1.54) is 22.3 Å². The van der Waals surface area contributed by atoms with Gasteiger partial charge in [0.15, 0.2) is 0 Å². The zero-order valence-electron chi connectivity index (χ0n) is 19.8. The fraction of sp³-hybridized carbons (Fsp3) is 0.464. The van der Waals surface area contributed by atoms with Crippen LogP contribution in [0.1, 0.15) is 49.7 Å². The van der Waals surface area contributed by atoms with Crippen molar-refractivity contribution in [3.8, 4) is 11.1 Å². The number of likely N-dealkylation sites (tertiary alicyclic amines) is 1. The van der Waals surface area contributed by atoms with Crippen LogP contribution in [0.4, 0.5) is 4.79 Å². The Hall–Kier alpha value is -3.35. The molecule has 0 radical (unpaired) electrons. The van der Waals surface area contributed by atoms with Crippen molar-refractivity contribution in [2.45, 2.75) is 50.6 Å². The summed E-state index contributed by atoms with van der Waals surface area (Å²) < 4.78 is 5.69. The van der Waals surface area contributed by atoms with Crippen LogP contribution in [0, 0.1) is 17.3 Å². The summed E-state index contributed by atoms with van der Waals surface area (Å²) in [5, 5.41) is 12.4. The quantitative estimate of drug-likeness (QED) is 0.683. The second-order valence-electron chi connectivity index (χ2n) is 10.6. The summed E-state index contributed by atoms with van der Waals surface area (Å²) in [5.41, 5.74) is 4.28. The zero-order chi connectivity index (χ0) is 24.3. The second-order valence-corrected chi connectivity index (χ2v) is 10.6. The Morgan fingerprint density at radius 1 is 1.06 bits per heavy atom. The van der Waals surface area contributed by atoms with Gasteiger partial charge in [0.05, 0.1) is 11.3 Å². The van der Waals surface area contributed by atoms with E-state index in [0.29, 0.717) is 19.4 Å². The summed E-state index contributed by atoms with van der Waals surface area (Å²) in [7, 11) is 0. The minimum atomic E-state index is -0.834. The molecule has 5 atom stereocenters. The fourth-order valence-electron chi connectivity index (χ4n) is 6.91. The van der Waals surface area contributed by atoms with E-state index < -0.39 is 23.4 Å². The van der Waals surface area contributed by atoms with Crippen molar-refractivity contribution in [1.82, 2.24) is 10.2 Å². The molecule has 1 heterocycles. The van der Waals surface area contributed by atoms with Gasteiger partial charge in [-0.2, -0.15) is 0 Å². The number of nitrogens with one attached hydrogen (secondary N) is 1. The van der Waals surface area contributed by atoms with Crippen LogP contribution < -0.4 is 5.32 Å². The molecular formula is C28H30N2O5. The number of alkyl carbamates (subject to hydrolysis) is 1. The van der Waals surface area contributed by atoms with Gasteiger partial charge in [0, 0.05) is 24.5 Å². The lowest BCUT2D eigenvalue weighted by Crippen LogP contribution is -2.43. The molecule has 0 spiro atoms. The number of carbonyl (C=O) groups excluding carboxylic acids is 2. The summed E-state index contributed by atoms with van der Waals surface area (Å²) in [4.78, 5) is 39.3. The number of carbonyl (C=O) groups is 3. The molecule has 4 aliphatic rings. The van der Waals surface area contributed by atoms with Crippen LogP contribution in [0.15, 0.2) is 48.5 Å². The number of benzene rings is 2. The molecule has 2 N–H and O–H groups in total. The van der Waals surface area contributed by atoms with Crippen molar-refractivity contribution in [1.29, 1.82) is 0 Å². The van der Waals surface area contributed by atoms with Crippen molar-refractivity contribution in [2.75, 3.05) is 13.2 Å². The molecule has 1 saturated heterocycles. The van der Waals surface area contributed by atoms with Crippen LogP contribution in [0.2, 0.25) is 0 Å². The number of nitrogens with zero attached hydrogens (tertiary/aromatic N) is 1. The number of carboxylic acid groups (broad SMARTS) is 1. The van der Waals surface area contributed by atoms with Gasteiger partial charge in [0.2, 0.25) is 5.91 Å². The van der Waals surface area contributed by atoms with E-state index in [0.717, 1.165) is 12.8 Å². The zero-order valence-corrected chi connectivity index (χ0v) is 19.8. The highest BCUT2D eigenvalue weighted by atomic mass is 16.5. The molecule has 0 aromatic heterocycles. The highest BCUT2D eigenvalue weighted by molar-refractivity contribution is 5.88. The summed E-state index contributed by atoms with van der Waals surface area (Å²) >= 11 is 0. The van der Waals surface area contributed by atoms with E-state index in [-0.39, 0.29) is 36.4 Å². The Bertz CT molecular complexity index is 1170. The van der Waals surface area contributed by atoms with Gasteiger partial charge < -0.3 is 20.1 Å². The molecule has 2 aromatic carbocycles. The molecule has 1 aliphatic heterocycles. The van der Waals surface area contributed by atoms with Crippen LogP contribution in [-0.2, 0) is 14.3 Å². The van der Waals surface area contributed by atoms with Gasteiger partial charge in [-0.15, -0.1) is 0 Å². The van der Waals surface area contributed by atoms with Crippen LogP contribution in [0.3, 0.4) is 0 Å². The van der Waals surface area contributed by atoms with Crippen molar-refractivity contribution in [3.05, 3.63) is 59.7 Å². The number of hydrogen-bond acceptors (Lipinski definition) is 4. The maximum atomic E-state index is 13.3. The minimum absolute atomic E-state index is 0.0110. The van der Waals surface area contributed by atoms with E-state index >= 15 is 0 Å². The first-order valence-corrected chi connectivity index (χ1v) is 12.5. The molecule has 3 aliphatic carbocycles. The minimum Gasteiger partial charge on any atom is -0.481 e. The highest BCUT2D eigenvalue weighted by Crippen LogP contribution is 2.64. The van der Waals surface area contributed by atoms with Gasteiger partial charge in [-0.3, -0.25) is 9.59 Å². The number of hydrogen-bond donors (Lipinski definition) is 2. The number of aliphatic carboxylic acids is 1. The highest BCUT2D eigenvalue weighted by Gasteiger charge is 2.66. The van der Waals surface area contributed by atoms with Gasteiger partial charge in [-0.05, 0) is 60.8 Å². The number of ether oxygens (including phenoxy) is 1. The average molecular weight is 475 g/mol. The van der Waals surface area contributed by atoms with Gasteiger partial charge >= 0.3 is 12.1 Å². The predicted octanol–water partition coefficient (Wildman–Crippen LogP) is 4.02. The SMILES string of the molecule is CC1C(C(=O)O)CCN1C(=O)[C@@]12C[C@@H](NC(=O)OCC3c4ccccc4-c4ccccc43)C[C@@H]1C2. The van der Waals surface area contributed by atoms with Gasteiger partial charge in [0.1, 0.15) is 6.61 Å². The van der Waals surface area contributed by atoms with E-state index in [2.05, 4.69) is 29.6 Å². The van der Waals surface area contributed by atoms with Crippen molar-refractivity contribution >= 4 is 18.0 Å². The monoisotopic (exact) mass is 474 g/mol. The Morgan fingerprint density at radius 2 is 1.71 bits per heavy atom. The van der Waals surface area contributed by atoms with E-state index in [4.69, 9.17) is 4.74 Å². The van der Waals surface area contributed by atoms with Crippen LogP contribution in [0.5, 0.6) is 0 Å². The third kappa shape index (κ3) is 3.51. The van der Waals surface area contributed by atoms with Crippen molar-refractivity contribution in [3.63, 3.8) is 0 Å². The fourth-order valence-corrected chi connectivity index (χ4v) is 6.91. The standard InChI is InChI=1S/C28H30N2O5/c1-16-19(25(31)32)10-11-30(16)26(33)28-13-17(28)12-18(14-28)29-27(34)35-15-24-22-8-4-2-6-20(22)21-7-3-5-9-23(21)24/h2-9,16-19,24H,10-15H2,1H3,(H,29,34)(H,31,32)/t16?,17-,18+,19?,28+/m1/s1. The predicted molar refractivity (Wildman–Crippen MR) is 129 cm³/mol. The lowest BCUT2D eigenvalue weighted by atomic mass is 9.98. The maximum Gasteiger partial charge on any atom is 0.407 e. The van der Waals surface area contributed by atoms with Gasteiger partial charge in [-0.25, -0.2) is 4.79 Å². The number of amides is 2. The van der Waals surface area contributed by atoms with E-state index in [9.17, 15) is 19.5 Å². The summed E-state index contributed by atoms with van der Waals surface area (Å²) in [6, 6.07) is 16.1. The first-order valence-electron chi connectivity index (χ1n) is 12.5. The Labute approximate surface area is 204 Å². The molecule has 7 nitrogen and oxygen atoms in total. The molecule has 3 fully saturated rings. The number of carboxylic acids is 1. The molecule has 2 saturated carbocycles. The molecule has 35 heavy (non-hydrogen) atoms. The molecular weight excluding hydrogens is 444 g/mol.